The van der Waals surface area contributed by atoms with Gasteiger partial charge in [0, 0.05) is 38.0 Å². The van der Waals surface area contributed by atoms with Gasteiger partial charge in [0.1, 0.15) is 24.7 Å². The van der Waals surface area contributed by atoms with Crippen molar-refractivity contribution >= 4 is 40.9 Å². The van der Waals surface area contributed by atoms with E-state index in [0.29, 0.717) is 29.4 Å². The summed E-state index contributed by atoms with van der Waals surface area (Å²) in [4.78, 5) is 66.5. The van der Waals surface area contributed by atoms with Crippen molar-refractivity contribution in [3.63, 3.8) is 0 Å². The molecule has 4 rings (SSSR count). The fourth-order valence-corrected chi connectivity index (χ4v) is 5.37. The molecule has 0 saturated carbocycles. The molecule has 12 heteroatoms. The normalized spacial score (nSPS) is 13.5. The van der Waals surface area contributed by atoms with E-state index in [-0.39, 0.29) is 18.7 Å². The largest absolute Gasteiger partial charge is 0.391 e. The molecule has 2 unspecified atom stereocenters. The predicted octanol–water partition coefficient (Wildman–Crippen LogP) is 0.951. The summed E-state index contributed by atoms with van der Waals surface area (Å²) in [6.45, 7) is 0.671. The first-order valence-electron chi connectivity index (χ1n) is 15.2. The number of fused-ring (bicyclic) bond motifs is 1. The molecule has 1 aromatic heterocycles. The Labute approximate surface area is 272 Å². The predicted molar refractivity (Wildman–Crippen MR) is 175 cm³/mol. The van der Waals surface area contributed by atoms with Crippen LogP contribution in [-0.2, 0) is 43.4 Å². The average molecular weight is 642 g/mol. The Morgan fingerprint density at radius 3 is 2.02 bits per heavy atom. The molecule has 0 bridgehead atoms. The number of hydrogen-bond acceptors (Lipinski definition) is 7. The molecular weight excluding hydrogens is 602 g/mol. The Hall–Kier alpha value is -5.33. The molecule has 1 heterocycles. The molecule has 0 fully saturated rings. The minimum Gasteiger partial charge on any atom is -0.391 e. The molecule has 246 valence electrons. The van der Waals surface area contributed by atoms with Gasteiger partial charge in [0.2, 0.25) is 30.0 Å². The number of aliphatic hydroxyl groups is 2. The molecule has 0 aliphatic carbocycles. The molecular formula is C35H39N5O7. The van der Waals surface area contributed by atoms with E-state index in [9.17, 15) is 34.2 Å². The maximum atomic E-state index is 14.1. The van der Waals surface area contributed by atoms with Crippen LogP contribution in [-0.4, -0.2) is 87.6 Å². The SMILES string of the molecule is CC(O)C(NC(=O)CO)C(=O)N[C@H](Cc1cn(C=O)c2ccccc12)C(=O)N[C@@H](Cc1ccccc1)C(=O)N(C)Cc1ccccc1. The third-order valence-corrected chi connectivity index (χ3v) is 7.75. The number of rotatable bonds is 15. The van der Waals surface area contributed by atoms with Crippen LogP contribution in [0.4, 0.5) is 0 Å². The van der Waals surface area contributed by atoms with Crippen molar-refractivity contribution in [2.45, 2.75) is 50.5 Å². The molecule has 4 amide bonds. The van der Waals surface area contributed by atoms with Gasteiger partial charge in [-0.2, -0.15) is 0 Å². The van der Waals surface area contributed by atoms with Crippen molar-refractivity contribution in [3.8, 4) is 0 Å². The third-order valence-electron chi connectivity index (χ3n) is 7.75. The number of nitrogens with one attached hydrogen (secondary N) is 3. The molecule has 0 spiro atoms. The van der Waals surface area contributed by atoms with E-state index in [1.54, 1.807) is 37.5 Å². The monoisotopic (exact) mass is 641 g/mol. The second kappa shape index (κ2) is 16.3. The number of para-hydroxylation sites is 1. The Bertz CT molecular complexity index is 1690. The van der Waals surface area contributed by atoms with Crippen molar-refractivity contribution in [2.24, 2.45) is 0 Å². The molecule has 4 atom stereocenters. The van der Waals surface area contributed by atoms with Crippen LogP contribution in [0.1, 0.15) is 23.6 Å². The Morgan fingerprint density at radius 1 is 0.809 bits per heavy atom. The van der Waals surface area contributed by atoms with Crippen molar-refractivity contribution in [1.29, 1.82) is 0 Å². The van der Waals surface area contributed by atoms with Gasteiger partial charge in [-0.05, 0) is 29.7 Å². The summed E-state index contributed by atoms with van der Waals surface area (Å²) < 4.78 is 1.36. The van der Waals surface area contributed by atoms with Crippen molar-refractivity contribution < 1.29 is 34.2 Å². The van der Waals surface area contributed by atoms with Crippen LogP contribution in [0.15, 0.2) is 91.1 Å². The first-order valence-corrected chi connectivity index (χ1v) is 15.2. The molecule has 0 aliphatic heterocycles. The smallest absolute Gasteiger partial charge is 0.246 e. The van der Waals surface area contributed by atoms with Crippen LogP contribution < -0.4 is 16.0 Å². The van der Waals surface area contributed by atoms with E-state index in [0.717, 1.165) is 11.1 Å². The summed E-state index contributed by atoms with van der Waals surface area (Å²) in [7, 11) is 1.64. The number of hydrogen-bond donors (Lipinski definition) is 5. The Morgan fingerprint density at radius 2 is 1.40 bits per heavy atom. The molecule has 3 aromatic carbocycles. The van der Waals surface area contributed by atoms with E-state index in [4.69, 9.17) is 0 Å². The number of likely N-dealkylation sites (N-methyl/N-ethyl adjacent to an activating group) is 1. The van der Waals surface area contributed by atoms with E-state index in [2.05, 4.69) is 16.0 Å². The maximum Gasteiger partial charge on any atom is 0.246 e. The maximum absolute atomic E-state index is 14.1. The number of carbonyl (C=O) groups is 5. The molecule has 0 saturated heterocycles. The number of carbonyl (C=O) groups excluding carboxylic acids is 5. The number of nitrogens with zero attached hydrogens (tertiary/aromatic N) is 2. The van der Waals surface area contributed by atoms with E-state index >= 15 is 0 Å². The lowest BCUT2D eigenvalue weighted by Crippen LogP contribution is -2.59. The lowest BCUT2D eigenvalue weighted by Gasteiger charge is -2.28. The van der Waals surface area contributed by atoms with Gasteiger partial charge in [-0.25, -0.2) is 0 Å². The summed E-state index contributed by atoms with van der Waals surface area (Å²) in [5.74, 6) is -2.82. The highest BCUT2D eigenvalue weighted by Crippen LogP contribution is 2.22. The number of aliphatic hydroxyl groups excluding tert-OH is 2. The van der Waals surface area contributed by atoms with Crippen LogP contribution in [0.3, 0.4) is 0 Å². The van der Waals surface area contributed by atoms with Gasteiger partial charge in [-0.15, -0.1) is 0 Å². The van der Waals surface area contributed by atoms with Crippen molar-refractivity contribution in [2.75, 3.05) is 13.7 Å². The van der Waals surface area contributed by atoms with Gasteiger partial charge >= 0.3 is 0 Å². The second-order valence-corrected chi connectivity index (χ2v) is 11.3. The summed E-state index contributed by atoms with van der Waals surface area (Å²) in [5, 5.41) is 27.8. The van der Waals surface area contributed by atoms with Crippen LogP contribution >= 0.6 is 0 Å². The van der Waals surface area contributed by atoms with E-state index in [1.807, 2.05) is 60.7 Å². The number of amides is 4. The highest BCUT2D eigenvalue weighted by Gasteiger charge is 2.33. The average Bonchev–Trinajstić information content (AvgIpc) is 3.44. The van der Waals surface area contributed by atoms with Gasteiger partial charge in [0.25, 0.3) is 0 Å². The molecule has 47 heavy (non-hydrogen) atoms. The molecule has 0 radical (unpaired) electrons. The Kier molecular flexibility index (Phi) is 12.0. The van der Waals surface area contributed by atoms with Crippen LogP contribution in [0.2, 0.25) is 0 Å². The quantitative estimate of drug-likeness (QED) is 0.120. The van der Waals surface area contributed by atoms with Crippen LogP contribution in [0.5, 0.6) is 0 Å². The zero-order valence-corrected chi connectivity index (χ0v) is 26.2. The van der Waals surface area contributed by atoms with Crippen molar-refractivity contribution in [1.82, 2.24) is 25.4 Å². The summed E-state index contributed by atoms with van der Waals surface area (Å²) in [5.41, 5.74) is 2.86. The Balaban J connectivity index is 1.66. The lowest BCUT2D eigenvalue weighted by molar-refractivity contribution is -0.137. The van der Waals surface area contributed by atoms with Gasteiger partial charge in [-0.3, -0.25) is 28.5 Å². The standard InChI is InChI=1S/C35H39N5O7/c1-23(43)32(38-31(44)21-41)34(46)36-28(18-26-20-40(22-42)30-16-10-9-15-27(26)30)33(45)37-29(17-24-11-5-3-6-12-24)35(47)39(2)19-25-13-7-4-8-14-25/h3-16,20,22-23,28-29,32,41,43H,17-19,21H2,1-2H3,(H,36,46)(H,37,45)(H,38,44)/t23?,28-,29+,32?/m1/s1. The highest BCUT2D eigenvalue weighted by molar-refractivity contribution is 5.96. The third kappa shape index (κ3) is 9.12. The lowest BCUT2D eigenvalue weighted by atomic mass is 10.0. The van der Waals surface area contributed by atoms with Gasteiger partial charge in [0.15, 0.2) is 0 Å². The highest BCUT2D eigenvalue weighted by atomic mass is 16.3. The number of aromatic nitrogens is 1. The van der Waals surface area contributed by atoms with Gasteiger partial charge in [0.05, 0.1) is 11.6 Å². The minimum absolute atomic E-state index is 0.0918. The van der Waals surface area contributed by atoms with E-state index < -0.39 is 48.6 Å². The fraction of sp³-hybridized carbons (Fsp3) is 0.286. The molecule has 4 aromatic rings. The van der Waals surface area contributed by atoms with Gasteiger partial charge < -0.3 is 31.1 Å². The zero-order valence-electron chi connectivity index (χ0n) is 26.2. The zero-order chi connectivity index (χ0) is 33.9. The van der Waals surface area contributed by atoms with Crippen LogP contribution in [0, 0.1) is 0 Å². The molecule has 12 nitrogen and oxygen atoms in total. The number of benzene rings is 3. The summed E-state index contributed by atoms with van der Waals surface area (Å²) >= 11 is 0. The molecule has 0 aliphatic rings. The molecule has 5 N–H and O–H groups in total. The first-order chi connectivity index (χ1) is 22.6. The topological polar surface area (TPSA) is 170 Å². The summed E-state index contributed by atoms with van der Waals surface area (Å²) in [6.07, 6.45) is 0.892. The van der Waals surface area contributed by atoms with Gasteiger partial charge in [-0.1, -0.05) is 78.9 Å². The fourth-order valence-electron chi connectivity index (χ4n) is 5.37. The van der Waals surface area contributed by atoms with Crippen molar-refractivity contribution in [3.05, 3.63) is 108 Å². The minimum atomic E-state index is -1.49. The van der Waals surface area contributed by atoms with Crippen LogP contribution in [0.25, 0.3) is 10.9 Å². The van der Waals surface area contributed by atoms with E-state index in [1.165, 1.54) is 16.4 Å². The summed E-state index contributed by atoms with van der Waals surface area (Å²) in [6, 6.07) is 21.8. The second-order valence-electron chi connectivity index (χ2n) is 11.3. The first kappa shape index (κ1) is 34.5.